The molecule has 0 aromatic carbocycles. The van der Waals surface area contributed by atoms with Gasteiger partial charge in [-0.2, -0.15) is 0 Å². The quantitative estimate of drug-likeness (QED) is 0.587. The molecule has 88 valence electrons. The summed E-state index contributed by atoms with van der Waals surface area (Å²) in [6, 6.07) is 0. The van der Waals surface area contributed by atoms with Crippen LogP contribution in [0.25, 0.3) is 0 Å². The van der Waals surface area contributed by atoms with Gasteiger partial charge in [-0.3, -0.25) is 4.79 Å². The smallest absolute Gasteiger partial charge is 0.346 e. The fourth-order valence-electron chi connectivity index (χ4n) is 1.39. The lowest BCUT2D eigenvalue weighted by molar-refractivity contribution is -0.145. The van der Waals surface area contributed by atoms with Gasteiger partial charge >= 0.3 is 5.97 Å². The summed E-state index contributed by atoms with van der Waals surface area (Å²) in [5.74, 6) is -1.79. The number of carbonyl (C=O) groups excluding carboxylic acids is 2. The topological polar surface area (TPSA) is 63.6 Å². The molecule has 1 N–H and O–H groups in total. The van der Waals surface area contributed by atoms with E-state index in [9.17, 15) is 14.7 Å². The van der Waals surface area contributed by atoms with Crippen LogP contribution in [0.2, 0.25) is 0 Å². The van der Waals surface area contributed by atoms with Crippen LogP contribution in [0.4, 0.5) is 0 Å². The van der Waals surface area contributed by atoms with Crippen LogP contribution in [0.3, 0.4) is 0 Å². The van der Waals surface area contributed by atoms with Crippen molar-refractivity contribution in [3.8, 4) is 0 Å². The van der Waals surface area contributed by atoms with E-state index in [1.807, 2.05) is 6.92 Å². The molecule has 0 saturated heterocycles. The number of aliphatic hydroxyl groups excluding tert-OH is 1. The van der Waals surface area contributed by atoms with E-state index in [1.54, 1.807) is 13.8 Å². The second kappa shape index (κ2) is 4.51. The van der Waals surface area contributed by atoms with Gasteiger partial charge in [0.1, 0.15) is 17.4 Å². The van der Waals surface area contributed by atoms with Crippen LogP contribution in [-0.2, 0) is 14.3 Å². The number of ketones is 1. The van der Waals surface area contributed by atoms with E-state index in [0.29, 0.717) is 6.42 Å². The standard InChI is InChI=1S/C12H16O4/c1-5-6(2)10(13)9-11(14)7(3)8(4)16-12(9)15/h6,8,14H,3,5H2,1-2,4H3/t6-,8+/m1/s1. The highest BCUT2D eigenvalue weighted by molar-refractivity contribution is 6.19. The zero-order valence-electron chi connectivity index (χ0n) is 9.74. The van der Waals surface area contributed by atoms with Gasteiger partial charge in [0, 0.05) is 11.5 Å². The van der Waals surface area contributed by atoms with E-state index in [1.165, 1.54) is 0 Å². The van der Waals surface area contributed by atoms with Crippen LogP contribution in [0, 0.1) is 5.92 Å². The van der Waals surface area contributed by atoms with E-state index in [-0.39, 0.29) is 22.8 Å². The number of hydrogen-bond donors (Lipinski definition) is 1. The monoisotopic (exact) mass is 224 g/mol. The second-order valence-electron chi connectivity index (χ2n) is 3.97. The lowest BCUT2D eigenvalue weighted by Crippen LogP contribution is -2.32. The first-order chi connectivity index (χ1) is 7.40. The van der Waals surface area contributed by atoms with Crippen LogP contribution in [0.15, 0.2) is 23.5 Å². The fourth-order valence-corrected chi connectivity index (χ4v) is 1.39. The number of Topliss-reactive ketones (excluding diaryl/α,β-unsaturated/α-hetero) is 1. The van der Waals surface area contributed by atoms with Crippen molar-refractivity contribution in [3.05, 3.63) is 23.5 Å². The normalized spacial score (nSPS) is 23.1. The van der Waals surface area contributed by atoms with Gasteiger partial charge in [-0.1, -0.05) is 20.4 Å². The lowest BCUT2D eigenvalue weighted by Gasteiger charge is -2.24. The zero-order chi connectivity index (χ0) is 12.5. The first-order valence-corrected chi connectivity index (χ1v) is 5.27. The molecule has 0 aliphatic carbocycles. The third kappa shape index (κ3) is 2.01. The molecule has 1 heterocycles. The molecule has 0 aromatic rings. The van der Waals surface area contributed by atoms with Crippen LogP contribution in [-0.4, -0.2) is 23.0 Å². The van der Waals surface area contributed by atoms with Crippen molar-refractivity contribution in [2.45, 2.75) is 33.3 Å². The Morgan fingerprint density at radius 1 is 1.62 bits per heavy atom. The van der Waals surface area contributed by atoms with E-state index in [2.05, 4.69) is 6.58 Å². The summed E-state index contributed by atoms with van der Waals surface area (Å²) in [5.41, 5.74) is 0.00343. The maximum Gasteiger partial charge on any atom is 0.346 e. The Balaban J connectivity index is 3.15. The van der Waals surface area contributed by atoms with Crippen molar-refractivity contribution in [1.82, 2.24) is 0 Å². The third-order valence-corrected chi connectivity index (χ3v) is 2.83. The molecule has 4 heteroatoms. The highest BCUT2D eigenvalue weighted by Crippen LogP contribution is 2.26. The van der Waals surface area contributed by atoms with Gasteiger partial charge in [-0.15, -0.1) is 0 Å². The molecule has 16 heavy (non-hydrogen) atoms. The van der Waals surface area contributed by atoms with Gasteiger partial charge in [0.15, 0.2) is 5.78 Å². The Labute approximate surface area is 94.6 Å². The Hall–Kier alpha value is -1.58. The summed E-state index contributed by atoms with van der Waals surface area (Å²) in [6.45, 7) is 8.73. The minimum absolute atomic E-state index is 0.266. The Morgan fingerprint density at radius 3 is 2.69 bits per heavy atom. The Bertz CT molecular complexity index is 378. The highest BCUT2D eigenvalue weighted by atomic mass is 16.5. The first kappa shape index (κ1) is 12.5. The zero-order valence-corrected chi connectivity index (χ0v) is 9.74. The molecule has 1 aliphatic heterocycles. The molecule has 0 fully saturated rings. The predicted octanol–water partition coefficient (Wildman–Crippen LogP) is 1.92. The number of carbonyl (C=O) groups is 2. The summed E-state index contributed by atoms with van der Waals surface area (Å²) in [5, 5.41) is 9.75. The Kier molecular flexibility index (Phi) is 3.52. The molecular weight excluding hydrogens is 208 g/mol. The average Bonchev–Trinajstić information content (AvgIpc) is 2.24. The summed E-state index contributed by atoms with van der Waals surface area (Å²) in [6.07, 6.45) is 0.0197. The summed E-state index contributed by atoms with van der Waals surface area (Å²) in [4.78, 5) is 23.4. The van der Waals surface area contributed by atoms with Crippen molar-refractivity contribution >= 4 is 11.8 Å². The lowest BCUT2D eigenvalue weighted by atomic mass is 9.92. The van der Waals surface area contributed by atoms with Gasteiger partial charge in [-0.25, -0.2) is 4.79 Å². The molecule has 1 rings (SSSR count). The van der Waals surface area contributed by atoms with Gasteiger partial charge in [0.25, 0.3) is 0 Å². The van der Waals surface area contributed by atoms with Crippen molar-refractivity contribution < 1.29 is 19.4 Å². The molecule has 0 spiro atoms. The SMILES string of the molecule is C=C1C(O)=C(C(=O)[C@H](C)CC)C(=O)O[C@H]1C. The van der Waals surface area contributed by atoms with E-state index in [0.717, 1.165) is 0 Å². The summed E-state index contributed by atoms with van der Waals surface area (Å²) < 4.78 is 4.92. The number of esters is 1. The largest absolute Gasteiger partial charge is 0.506 e. The van der Waals surface area contributed by atoms with Crippen molar-refractivity contribution in [3.63, 3.8) is 0 Å². The molecule has 0 radical (unpaired) electrons. The molecule has 0 unspecified atom stereocenters. The summed E-state index contributed by atoms with van der Waals surface area (Å²) >= 11 is 0. The first-order valence-electron chi connectivity index (χ1n) is 5.27. The van der Waals surface area contributed by atoms with Gasteiger partial charge in [0.2, 0.25) is 0 Å². The van der Waals surface area contributed by atoms with E-state index < -0.39 is 17.9 Å². The predicted molar refractivity (Wildman–Crippen MR) is 58.8 cm³/mol. The molecule has 4 nitrogen and oxygen atoms in total. The molecule has 0 bridgehead atoms. The molecular formula is C12H16O4. The summed E-state index contributed by atoms with van der Waals surface area (Å²) in [7, 11) is 0. The average molecular weight is 224 g/mol. The second-order valence-corrected chi connectivity index (χ2v) is 3.97. The maximum absolute atomic E-state index is 11.8. The minimum atomic E-state index is -0.761. The number of cyclic esters (lactones) is 1. The van der Waals surface area contributed by atoms with Crippen LogP contribution in [0.5, 0.6) is 0 Å². The minimum Gasteiger partial charge on any atom is -0.506 e. The molecule has 0 aromatic heterocycles. The molecule has 0 amide bonds. The van der Waals surface area contributed by atoms with Gasteiger partial charge in [-0.05, 0) is 13.3 Å². The van der Waals surface area contributed by atoms with Crippen LogP contribution >= 0.6 is 0 Å². The Morgan fingerprint density at radius 2 is 2.19 bits per heavy atom. The highest BCUT2D eigenvalue weighted by Gasteiger charge is 2.35. The number of aliphatic hydroxyl groups is 1. The maximum atomic E-state index is 11.8. The van der Waals surface area contributed by atoms with E-state index in [4.69, 9.17) is 4.74 Å². The van der Waals surface area contributed by atoms with Crippen molar-refractivity contribution in [2.75, 3.05) is 0 Å². The van der Waals surface area contributed by atoms with Gasteiger partial charge < -0.3 is 9.84 Å². The van der Waals surface area contributed by atoms with Crippen molar-refractivity contribution in [2.24, 2.45) is 5.92 Å². The number of hydrogen-bond acceptors (Lipinski definition) is 4. The molecule has 0 saturated carbocycles. The number of ether oxygens (including phenoxy) is 1. The van der Waals surface area contributed by atoms with Gasteiger partial charge in [0.05, 0.1) is 0 Å². The number of rotatable bonds is 3. The third-order valence-electron chi connectivity index (χ3n) is 2.83. The van der Waals surface area contributed by atoms with Crippen LogP contribution in [0.1, 0.15) is 27.2 Å². The van der Waals surface area contributed by atoms with Crippen molar-refractivity contribution in [1.29, 1.82) is 0 Å². The fraction of sp³-hybridized carbons (Fsp3) is 0.500. The molecule has 1 aliphatic rings. The van der Waals surface area contributed by atoms with Crippen LogP contribution < -0.4 is 0 Å². The molecule has 2 atom stereocenters. The van der Waals surface area contributed by atoms with E-state index >= 15 is 0 Å².